The molecule has 5 nitrogen and oxygen atoms in total. The van der Waals surface area contributed by atoms with Crippen LogP contribution < -0.4 is 10.6 Å². The summed E-state index contributed by atoms with van der Waals surface area (Å²) >= 11 is 4.66. The molecule has 0 aliphatic rings. The Bertz CT molecular complexity index is 881. The number of carbonyl (C=O) groups excluding carboxylic acids is 2. The number of rotatable bonds is 4. The molecule has 24 heavy (non-hydrogen) atoms. The lowest BCUT2D eigenvalue weighted by Gasteiger charge is -2.08. The van der Waals surface area contributed by atoms with Gasteiger partial charge in [0.15, 0.2) is 0 Å². The van der Waals surface area contributed by atoms with E-state index in [4.69, 9.17) is 0 Å². The second-order valence-corrected chi connectivity index (χ2v) is 6.72. The first-order chi connectivity index (χ1) is 11.6. The number of benzene rings is 1. The van der Waals surface area contributed by atoms with Gasteiger partial charge in [-0.2, -0.15) is 0 Å². The van der Waals surface area contributed by atoms with E-state index in [0.717, 1.165) is 4.47 Å². The Morgan fingerprint density at radius 2 is 1.71 bits per heavy atom. The predicted octanol–water partition coefficient (Wildman–Crippen LogP) is 4.41. The number of hydrogen-bond acceptors (Lipinski definition) is 4. The van der Waals surface area contributed by atoms with Gasteiger partial charge in [-0.3, -0.25) is 14.6 Å². The molecule has 0 saturated heterocycles. The van der Waals surface area contributed by atoms with Gasteiger partial charge in [0.05, 0.1) is 10.4 Å². The lowest BCUT2D eigenvalue weighted by Crippen LogP contribution is -2.13. The molecule has 0 radical (unpaired) electrons. The summed E-state index contributed by atoms with van der Waals surface area (Å²) in [6.45, 7) is 0. The minimum Gasteiger partial charge on any atom is -0.322 e. The second kappa shape index (κ2) is 7.37. The maximum absolute atomic E-state index is 12.2. The Labute approximate surface area is 150 Å². The molecule has 0 fully saturated rings. The molecule has 7 heteroatoms. The summed E-state index contributed by atoms with van der Waals surface area (Å²) in [5.74, 6) is -0.449. The fourth-order valence-electron chi connectivity index (χ4n) is 2.01. The third kappa shape index (κ3) is 4.06. The number of hydrogen-bond donors (Lipinski definition) is 2. The molecule has 2 heterocycles. The van der Waals surface area contributed by atoms with Crippen LogP contribution in [0.3, 0.4) is 0 Å². The molecule has 0 saturated carbocycles. The Morgan fingerprint density at radius 3 is 2.38 bits per heavy atom. The van der Waals surface area contributed by atoms with Crippen LogP contribution in [-0.4, -0.2) is 16.8 Å². The number of anilines is 2. The number of halogens is 1. The van der Waals surface area contributed by atoms with Crippen molar-refractivity contribution in [1.82, 2.24) is 4.98 Å². The Balaban J connectivity index is 1.71. The SMILES string of the molecule is O=C(Nc1cccc(NC(=O)c2cccs2)c1)c1cncc(Br)c1. The number of thiophene rings is 1. The van der Waals surface area contributed by atoms with Gasteiger partial charge >= 0.3 is 0 Å². The highest BCUT2D eigenvalue weighted by Gasteiger charge is 2.09. The molecule has 2 amide bonds. The quantitative estimate of drug-likeness (QED) is 0.679. The van der Waals surface area contributed by atoms with Crippen molar-refractivity contribution in [2.45, 2.75) is 0 Å². The van der Waals surface area contributed by atoms with E-state index in [1.165, 1.54) is 17.5 Å². The summed E-state index contributed by atoms with van der Waals surface area (Å²) in [5, 5.41) is 7.44. The number of pyridine rings is 1. The normalized spacial score (nSPS) is 10.2. The van der Waals surface area contributed by atoms with Crippen LogP contribution in [0.4, 0.5) is 11.4 Å². The van der Waals surface area contributed by atoms with Crippen LogP contribution in [0.15, 0.2) is 64.7 Å². The van der Waals surface area contributed by atoms with Crippen LogP contribution in [-0.2, 0) is 0 Å². The van der Waals surface area contributed by atoms with Crippen LogP contribution in [0, 0.1) is 0 Å². The van der Waals surface area contributed by atoms with E-state index in [9.17, 15) is 9.59 Å². The van der Waals surface area contributed by atoms with Crippen LogP contribution in [0.25, 0.3) is 0 Å². The highest BCUT2D eigenvalue weighted by molar-refractivity contribution is 9.10. The number of nitrogens with zero attached hydrogens (tertiary/aromatic N) is 1. The molecule has 0 atom stereocenters. The van der Waals surface area contributed by atoms with Crippen LogP contribution in [0.1, 0.15) is 20.0 Å². The number of aromatic nitrogens is 1. The summed E-state index contributed by atoms with van der Waals surface area (Å²) in [7, 11) is 0. The monoisotopic (exact) mass is 401 g/mol. The lowest BCUT2D eigenvalue weighted by molar-refractivity contribution is 0.102. The standard InChI is InChI=1S/C17H12BrN3O2S/c18-12-7-11(9-19-10-12)16(22)20-13-3-1-4-14(8-13)21-17(23)15-5-2-6-24-15/h1-10H,(H,20,22)(H,21,23). The maximum atomic E-state index is 12.2. The van der Waals surface area contributed by atoms with E-state index in [2.05, 4.69) is 31.5 Å². The smallest absolute Gasteiger partial charge is 0.265 e. The molecular weight excluding hydrogens is 390 g/mol. The third-order valence-electron chi connectivity index (χ3n) is 3.09. The molecule has 3 aromatic rings. The molecule has 2 N–H and O–H groups in total. The largest absolute Gasteiger partial charge is 0.322 e. The van der Waals surface area contributed by atoms with Crippen LogP contribution >= 0.6 is 27.3 Å². The van der Waals surface area contributed by atoms with Crippen LogP contribution in [0.5, 0.6) is 0 Å². The van der Waals surface area contributed by atoms with Crippen molar-refractivity contribution in [3.63, 3.8) is 0 Å². The lowest BCUT2D eigenvalue weighted by atomic mass is 10.2. The molecule has 0 bridgehead atoms. The number of carbonyl (C=O) groups is 2. The van der Waals surface area contributed by atoms with Crippen molar-refractivity contribution in [2.24, 2.45) is 0 Å². The van der Waals surface area contributed by atoms with Crippen molar-refractivity contribution < 1.29 is 9.59 Å². The van der Waals surface area contributed by atoms with Crippen molar-refractivity contribution in [3.05, 3.63) is 75.2 Å². The van der Waals surface area contributed by atoms with Crippen LogP contribution in [0.2, 0.25) is 0 Å². The Morgan fingerprint density at radius 1 is 0.958 bits per heavy atom. The van der Waals surface area contributed by atoms with Gasteiger partial charge in [-0.1, -0.05) is 12.1 Å². The third-order valence-corrected chi connectivity index (χ3v) is 4.39. The molecule has 120 valence electrons. The summed E-state index contributed by atoms with van der Waals surface area (Å²) in [6, 6.07) is 12.2. The summed E-state index contributed by atoms with van der Waals surface area (Å²) in [6.07, 6.45) is 3.10. The minimum atomic E-state index is -0.273. The highest BCUT2D eigenvalue weighted by atomic mass is 79.9. The van der Waals surface area contributed by atoms with E-state index >= 15 is 0 Å². The van der Waals surface area contributed by atoms with E-state index in [0.29, 0.717) is 21.8 Å². The second-order valence-electron chi connectivity index (χ2n) is 4.86. The van der Waals surface area contributed by atoms with Gasteiger partial charge < -0.3 is 10.6 Å². The first-order valence-electron chi connectivity index (χ1n) is 6.98. The maximum Gasteiger partial charge on any atom is 0.265 e. The Hall–Kier alpha value is -2.51. The molecule has 0 unspecified atom stereocenters. The molecule has 0 aliphatic heterocycles. The zero-order valence-electron chi connectivity index (χ0n) is 12.3. The fraction of sp³-hybridized carbons (Fsp3) is 0. The average molecular weight is 402 g/mol. The van der Waals surface area contributed by atoms with Gasteiger partial charge in [-0.25, -0.2) is 0 Å². The first-order valence-corrected chi connectivity index (χ1v) is 8.66. The first kappa shape index (κ1) is 16.4. The van der Waals surface area contributed by atoms with Gasteiger partial charge in [-0.05, 0) is 51.6 Å². The fourth-order valence-corrected chi connectivity index (χ4v) is 3.00. The van der Waals surface area contributed by atoms with Crippen molar-refractivity contribution in [1.29, 1.82) is 0 Å². The van der Waals surface area contributed by atoms with Gasteiger partial charge in [0.1, 0.15) is 0 Å². The Kier molecular flexibility index (Phi) is 5.02. The van der Waals surface area contributed by atoms with Gasteiger partial charge in [0.2, 0.25) is 0 Å². The molecular formula is C17H12BrN3O2S. The predicted molar refractivity (Wildman–Crippen MR) is 98.6 cm³/mol. The summed E-state index contributed by atoms with van der Waals surface area (Å²) in [5.41, 5.74) is 1.64. The number of amides is 2. The topological polar surface area (TPSA) is 71.1 Å². The van der Waals surface area contributed by atoms with Crippen molar-refractivity contribution in [2.75, 3.05) is 10.6 Å². The molecule has 0 spiro atoms. The number of nitrogens with one attached hydrogen (secondary N) is 2. The van der Waals surface area contributed by atoms with Crippen molar-refractivity contribution >= 4 is 50.5 Å². The van der Waals surface area contributed by atoms with E-state index in [1.54, 1.807) is 42.6 Å². The molecule has 2 aromatic heterocycles. The van der Waals surface area contributed by atoms with E-state index in [-0.39, 0.29) is 11.8 Å². The average Bonchev–Trinajstić information content (AvgIpc) is 3.10. The van der Waals surface area contributed by atoms with E-state index < -0.39 is 0 Å². The van der Waals surface area contributed by atoms with Gasteiger partial charge in [0.25, 0.3) is 11.8 Å². The zero-order chi connectivity index (χ0) is 16.9. The van der Waals surface area contributed by atoms with Gasteiger partial charge in [-0.15, -0.1) is 11.3 Å². The van der Waals surface area contributed by atoms with Crippen molar-refractivity contribution in [3.8, 4) is 0 Å². The van der Waals surface area contributed by atoms with Gasteiger partial charge in [0, 0.05) is 28.2 Å². The molecule has 3 rings (SSSR count). The summed E-state index contributed by atoms with van der Waals surface area (Å²) in [4.78, 5) is 28.9. The zero-order valence-corrected chi connectivity index (χ0v) is 14.7. The summed E-state index contributed by atoms with van der Waals surface area (Å²) < 4.78 is 0.729. The van der Waals surface area contributed by atoms with E-state index in [1.807, 2.05) is 11.4 Å². The molecule has 1 aromatic carbocycles. The molecule has 0 aliphatic carbocycles. The minimum absolute atomic E-state index is 0.176. The highest BCUT2D eigenvalue weighted by Crippen LogP contribution is 2.19.